The predicted molar refractivity (Wildman–Crippen MR) is 124 cm³/mol. The molecule has 1 N–H and O–H groups in total. The molecule has 1 aliphatic rings. The van der Waals surface area contributed by atoms with Crippen molar-refractivity contribution in [3.63, 3.8) is 0 Å². The Kier molecular flexibility index (Phi) is 5.25. The number of aromatic nitrogens is 1. The van der Waals surface area contributed by atoms with Gasteiger partial charge >= 0.3 is 12.0 Å². The molecule has 7 heteroatoms. The number of urea groups is 1. The minimum atomic E-state index is -0.412. The Morgan fingerprint density at radius 3 is 2.56 bits per heavy atom. The number of carbonyl (C=O) groups excluding carboxylic acids is 2. The Morgan fingerprint density at radius 1 is 1.00 bits per heavy atom. The second-order valence-corrected chi connectivity index (χ2v) is 8.46. The van der Waals surface area contributed by atoms with Gasteiger partial charge in [0.25, 0.3) is 0 Å². The van der Waals surface area contributed by atoms with Crippen molar-refractivity contribution in [2.45, 2.75) is 12.6 Å². The monoisotopic (exact) mass is 443 g/mol. The molecule has 0 fully saturated rings. The lowest BCUT2D eigenvalue weighted by molar-refractivity contribution is 0.0600. The van der Waals surface area contributed by atoms with Crippen molar-refractivity contribution >= 4 is 29.0 Å². The van der Waals surface area contributed by atoms with E-state index in [0.29, 0.717) is 17.8 Å². The number of methoxy groups -OCH3 is 1. The molecule has 0 spiro atoms. The van der Waals surface area contributed by atoms with Crippen LogP contribution in [0.5, 0.6) is 0 Å². The molecule has 0 saturated carbocycles. The summed E-state index contributed by atoms with van der Waals surface area (Å²) in [4.78, 5) is 28.2. The van der Waals surface area contributed by atoms with Crippen molar-refractivity contribution in [3.05, 3.63) is 106 Å². The minimum absolute atomic E-state index is 0.210. The van der Waals surface area contributed by atoms with Crippen LogP contribution in [0, 0.1) is 0 Å². The molecule has 2 aromatic carbocycles. The van der Waals surface area contributed by atoms with Gasteiger partial charge < -0.3 is 19.5 Å². The Bertz CT molecular complexity index is 1260. The largest absolute Gasteiger partial charge is 0.465 e. The summed E-state index contributed by atoms with van der Waals surface area (Å²) in [5.74, 6) is -0.412. The molecule has 0 bridgehead atoms. The lowest BCUT2D eigenvalue weighted by atomic mass is 10.1. The van der Waals surface area contributed by atoms with Gasteiger partial charge in [0.05, 0.1) is 30.6 Å². The highest BCUT2D eigenvalue weighted by Gasteiger charge is 2.33. The summed E-state index contributed by atoms with van der Waals surface area (Å²) >= 11 is 1.63. The lowest BCUT2D eigenvalue weighted by Crippen LogP contribution is -2.37. The number of anilines is 1. The molecule has 5 rings (SSSR count). The van der Waals surface area contributed by atoms with Crippen LogP contribution in [0.15, 0.2) is 84.4 Å². The Labute approximate surface area is 189 Å². The summed E-state index contributed by atoms with van der Waals surface area (Å²) in [7, 11) is 1.34. The zero-order chi connectivity index (χ0) is 22.1. The van der Waals surface area contributed by atoms with Crippen LogP contribution in [0.25, 0.3) is 5.69 Å². The van der Waals surface area contributed by atoms with Crippen LogP contribution in [0.2, 0.25) is 0 Å². The van der Waals surface area contributed by atoms with Gasteiger partial charge in [-0.05, 0) is 59.5 Å². The molecule has 2 amide bonds. The van der Waals surface area contributed by atoms with Crippen molar-refractivity contribution < 1.29 is 14.3 Å². The highest BCUT2D eigenvalue weighted by atomic mass is 32.1. The molecular formula is C25H21N3O3S. The van der Waals surface area contributed by atoms with E-state index in [1.807, 2.05) is 40.7 Å². The third kappa shape index (κ3) is 3.56. The highest BCUT2D eigenvalue weighted by molar-refractivity contribution is 7.10. The van der Waals surface area contributed by atoms with E-state index in [2.05, 4.69) is 34.1 Å². The quantitative estimate of drug-likeness (QED) is 0.428. The van der Waals surface area contributed by atoms with Gasteiger partial charge in [0.2, 0.25) is 0 Å². The molecule has 6 nitrogen and oxygen atoms in total. The zero-order valence-electron chi connectivity index (χ0n) is 17.4. The van der Waals surface area contributed by atoms with Crippen LogP contribution in [0.1, 0.15) is 32.5 Å². The number of ether oxygens (including phenoxy) is 1. The summed E-state index contributed by atoms with van der Waals surface area (Å²) in [5, 5.41) is 5.03. The highest BCUT2D eigenvalue weighted by Crippen LogP contribution is 2.38. The number of hydrogen-bond donors (Lipinski definition) is 1. The molecule has 0 saturated heterocycles. The maximum atomic E-state index is 13.6. The van der Waals surface area contributed by atoms with Gasteiger partial charge in [-0.1, -0.05) is 24.3 Å². The number of para-hydroxylation sites is 1. The summed E-state index contributed by atoms with van der Waals surface area (Å²) in [6.45, 7) is 0.465. The zero-order valence-corrected chi connectivity index (χ0v) is 18.2. The van der Waals surface area contributed by atoms with E-state index in [1.54, 1.807) is 35.6 Å². The molecule has 0 aliphatic carbocycles. The van der Waals surface area contributed by atoms with Crippen LogP contribution in [0.3, 0.4) is 0 Å². The number of benzene rings is 2. The minimum Gasteiger partial charge on any atom is -0.465 e. The predicted octanol–water partition coefficient (Wildman–Crippen LogP) is 5.46. The molecule has 3 heterocycles. The summed E-state index contributed by atoms with van der Waals surface area (Å²) in [6.07, 6.45) is 2.04. The molecule has 1 aliphatic heterocycles. The smallest absolute Gasteiger partial charge is 0.337 e. The van der Waals surface area contributed by atoms with Crippen molar-refractivity contribution in [1.29, 1.82) is 0 Å². The number of rotatable bonds is 3. The molecule has 0 radical (unpaired) electrons. The summed E-state index contributed by atoms with van der Waals surface area (Å²) in [6, 6.07) is 22.6. The lowest BCUT2D eigenvalue weighted by Gasteiger charge is -2.30. The van der Waals surface area contributed by atoms with Gasteiger partial charge in [-0.3, -0.25) is 0 Å². The Morgan fingerprint density at radius 2 is 1.81 bits per heavy atom. The first kappa shape index (κ1) is 20.1. The average molecular weight is 444 g/mol. The summed E-state index contributed by atoms with van der Waals surface area (Å²) < 4.78 is 6.91. The van der Waals surface area contributed by atoms with Gasteiger partial charge in [0.1, 0.15) is 6.04 Å². The second-order valence-electron chi connectivity index (χ2n) is 7.48. The molecule has 160 valence electrons. The third-order valence-electron chi connectivity index (χ3n) is 5.59. The van der Waals surface area contributed by atoms with Crippen molar-refractivity contribution in [2.24, 2.45) is 0 Å². The Balaban J connectivity index is 1.52. The number of amides is 2. The molecular weight excluding hydrogens is 422 g/mol. The number of fused-ring (bicyclic) bond motifs is 3. The van der Waals surface area contributed by atoms with E-state index >= 15 is 0 Å². The van der Waals surface area contributed by atoms with Gasteiger partial charge in [0, 0.05) is 16.8 Å². The van der Waals surface area contributed by atoms with Gasteiger partial charge in [0.15, 0.2) is 0 Å². The van der Waals surface area contributed by atoms with E-state index in [0.717, 1.165) is 21.8 Å². The van der Waals surface area contributed by atoms with Crippen LogP contribution in [-0.2, 0) is 11.3 Å². The first-order valence-electron chi connectivity index (χ1n) is 10.2. The molecule has 32 heavy (non-hydrogen) atoms. The van der Waals surface area contributed by atoms with Crippen LogP contribution in [0.4, 0.5) is 10.5 Å². The molecule has 2 aromatic heterocycles. The first-order chi connectivity index (χ1) is 15.7. The van der Waals surface area contributed by atoms with Gasteiger partial charge in [-0.25, -0.2) is 9.59 Å². The SMILES string of the molecule is COC(=O)c1ccc(NC(=O)N2Cc3ccccc3-n3cccc3[C@@H]2c2cccs2)cc1. The maximum absolute atomic E-state index is 13.6. The van der Waals surface area contributed by atoms with Crippen molar-refractivity contribution in [3.8, 4) is 5.69 Å². The van der Waals surface area contributed by atoms with Gasteiger partial charge in [-0.15, -0.1) is 11.3 Å². The normalized spacial score (nSPS) is 14.8. The number of nitrogens with one attached hydrogen (secondary N) is 1. The fraction of sp³-hybridized carbons (Fsp3) is 0.120. The van der Waals surface area contributed by atoms with E-state index in [-0.39, 0.29) is 12.1 Å². The molecule has 0 unspecified atom stereocenters. The average Bonchev–Trinajstić information content (AvgIpc) is 3.50. The van der Waals surface area contributed by atoms with Crippen molar-refractivity contribution in [2.75, 3.05) is 12.4 Å². The first-order valence-corrected chi connectivity index (χ1v) is 11.1. The number of hydrogen-bond acceptors (Lipinski definition) is 4. The fourth-order valence-electron chi connectivity index (χ4n) is 4.09. The van der Waals surface area contributed by atoms with Crippen molar-refractivity contribution in [1.82, 2.24) is 9.47 Å². The van der Waals surface area contributed by atoms with E-state index < -0.39 is 5.97 Å². The van der Waals surface area contributed by atoms with E-state index in [1.165, 1.54) is 7.11 Å². The van der Waals surface area contributed by atoms with Crippen LogP contribution >= 0.6 is 11.3 Å². The summed E-state index contributed by atoms with van der Waals surface area (Å²) in [5.41, 5.74) is 4.23. The standard InChI is InChI=1S/C25H21N3O3S/c1-31-24(29)17-10-12-19(13-11-17)26-25(30)28-16-18-6-2-3-7-20(18)27-14-4-8-21(27)23(28)22-9-5-15-32-22/h2-15,23H,16H2,1H3,(H,26,30)/t23-/m1/s1. The maximum Gasteiger partial charge on any atom is 0.337 e. The number of esters is 1. The topological polar surface area (TPSA) is 63.6 Å². The number of carbonyl (C=O) groups is 2. The Hall–Kier alpha value is -3.84. The molecule has 4 aromatic rings. The van der Waals surface area contributed by atoms with E-state index in [4.69, 9.17) is 4.74 Å². The third-order valence-corrected chi connectivity index (χ3v) is 6.52. The van der Waals surface area contributed by atoms with Crippen LogP contribution < -0.4 is 5.32 Å². The van der Waals surface area contributed by atoms with E-state index in [9.17, 15) is 9.59 Å². The number of thiophene rings is 1. The second kappa shape index (κ2) is 8.36. The fourth-order valence-corrected chi connectivity index (χ4v) is 4.94. The number of nitrogens with zero attached hydrogens (tertiary/aromatic N) is 2. The molecule has 1 atom stereocenters. The van der Waals surface area contributed by atoms with Crippen LogP contribution in [-0.4, -0.2) is 28.6 Å². The van der Waals surface area contributed by atoms with Gasteiger partial charge in [-0.2, -0.15) is 0 Å².